The molecule has 0 atom stereocenters. The molecule has 0 bridgehead atoms. The van der Waals surface area contributed by atoms with Crippen LogP contribution in [0.4, 0.5) is 0 Å². The van der Waals surface area contributed by atoms with Gasteiger partial charge < -0.3 is 14.2 Å². The van der Waals surface area contributed by atoms with E-state index in [-0.39, 0.29) is 0 Å². The summed E-state index contributed by atoms with van der Waals surface area (Å²) in [6, 6.07) is 3.77. The topological polar surface area (TPSA) is 51.2 Å². The molecule has 2 heterocycles. The van der Waals surface area contributed by atoms with Gasteiger partial charge in [-0.2, -0.15) is 0 Å². The zero-order valence-corrected chi connectivity index (χ0v) is 8.20. The Morgan fingerprint density at radius 3 is 2.79 bits per heavy atom. The van der Waals surface area contributed by atoms with Gasteiger partial charge in [0.1, 0.15) is 5.76 Å². The third kappa shape index (κ3) is 1.70. The van der Waals surface area contributed by atoms with Crippen molar-refractivity contribution >= 4 is 0 Å². The smallest absolute Gasteiger partial charge is 0.209 e. The molecule has 1 N–H and O–H groups in total. The molecule has 0 aliphatic rings. The molecule has 0 radical (unpaired) electrons. The molecule has 4 nitrogen and oxygen atoms in total. The van der Waals surface area contributed by atoms with Gasteiger partial charge in [-0.15, -0.1) is 0 Å². The van der Waals surface area contributed by atoms with Crippen molar-refractivity contribution < 1.29 is 8.83 Å². The number of aromatic nitrogens is 1. The van der Waals surface area contributed by atoms with E-state index >= 15 is 0 Å². The maximum Gasteiger partial charge on any atom is 0.209 e. The Balaban J connectivity index is 2.24. The van der Waals surface area contributed by atoms with Gasteiger partial charge in [-0.05, 0) is 26.1 Å². The zero-order valence-electron chi connectivity index (χ0n) is 8.20. The van der Waals surface area contributed by atoms with E-state index in [0.29, 0.717) is 18.2 Å². The molecule has 0 saturated heterocycles. The predicted molar refractivity (Wildman–Crippen MR) is 51.7 cm³/mol. The summed E-state index contributed by atoms with van der Waals surface area (Å²) in [4.78, 5) is 4.10. The highest BCUT2D eigenvalue weighted by Crippen LogP contribution is 2.22. The number of aryl methyl sites for hydroxylation is 1. The number of hydrogen-bond acceptors (Lipinski definition) is 4. The van der Waals surface area contributed by atoms with E-state index in [1.54, 1.807) is 6.20 Å². The van der Waals surface area contributed by atoms with Crippen LogP contribution in [0.3, 0.4) is 0 Å². The second-order valence-corrected chi connectivity index (χ2v) is 3.06. The van der Waals surface area contributed by atoms with Crippen LogP contribution in [-0.4, -0.2) is 12.0 Å². The van der Waals surface area contributed by atoms with Crippen molar-refractivity contribution in [3.05, 3.63) is 30.0 Å². The number of rotatable bonds is 3. The third-order valence-electron chi connectivity index (χ3n) is 1.86. The number of nitrogens with zero attached hydrogens (tertiary/aromatic N) is 1. The third-order valence-corrected chi connectivity index (χ3v) is 1.86. The summed E-state index contributed by atoms with van der Waals surface area (Å²) in [7, 11) is 1.85. The van der Waals surface area contributed by atoms with Crippen LogP contribution in [0.15, 0.2) is 27.2 Å². The van der Waals surface area contributed by atoms with E-state index in [2.05, 4.69) is 10.3 Å². The Morgan fingerprint density at radius 1 is 1.29 bits per heavy atom. The van der Waals surface area contributed by atoms with E-state index in [0.717, 1.165) is 11.5 Å². The quantitative estimate of drug-likeness (QED) is 0.807. The molecule has 0 aromatic carbocycles. The summed E-state index contributed by atoms with van der Waals surface area (Å²) in [5.74, 6) is 2.92. The summed E-state index contributed by atoms with van der Waals surface area (Å²) >= 11 is 0. The molecule has 2 rings (SSSR count). The highest BCUT2D eigenvalue weighted by molar-refractivity contribution is 5.48. The van der Waals surface area contributed by atoms with Gasteiger partial charge >= 0.3 is 0 Å². The normalized spacial score (nSPS) is 10.7. The molecule has 0 aliphatic heterocycles. The van der Waals surface area contributed by atoms with Crippen molar-refractivity contribution in [3.63, 3.8) is 0 Å². The van der Waals surface area contributed by atoms with Gasteiger partial charge in [-0.1, -0.05) is 0 Å². The largest absolute Gasteiger partial charge is 0.458 e. The van der Waals surface area contributed by atoms with Crippen LogP contribution in [0.2, 0.25) is 0 Å². The number of hydrogen-bond donors (Lipinski definition) is 1. The molecule has 0 saturated carbocycles. The predicted octanol–water partition coefficient (Wildman–Crippen LogP) is 1.96. The molecule has 0 spiro atoms. The minimum absolute atomic E-state index is 0.625. The van der Waals surface area contributed by atoms with E-state index in [9.17, 15) is 0 Å². The lowest BCUT2D eigenvalue weighted by atomic mass is 10.4. The lowest BCUT2D eigenvalue weighted by molar-refractivity contribution is 0.465. The minimum atomic E-state index is 0.625. The Labute approximate surface area is 81.9 Å². The minimum Gasteiger partial charge on any atom is -0.458 e. The zero-order chi connectivity index (χ0) is 9.97. The molecule has 2 aromatic heterocycles. The van der Waals surface area contributed by atoms with Crippen LogP contribution in [0.1, 0.15) is 11.7 Å². The SMILES string of the molecule is CNCc1ncc(-c2ccc(C)o2)o1. The number of nitrogens with one attached hydrogen (secondary N) is 1. The molecule has 0 fully saturated rings. The number of furan rings is 1. The van der Waals surface area contributed by atoms with E-state index in [1.165, 1.54) is 0 Å². The Kier molecular flexibility index (Phi) is 2.37. The Morgan fingerprint density at radius 2 is 2.14 bits per heavy atom. The summed E-state index contributed by atoms with van der Waals surface area (Å²) in [6.07, 6.45) is 1.67. The summed E-state index contributed by atoms with van der Waals surface area (Å²) in [6.45, 7) is 2.52. The van der Waals surface area contributed by atoms with Crippen LogP contribution >= 0.6 is 0 Å². The van der Waals surface area contributed by atoms with E-state index < -0.39 is 0 Å². The van der Waals surface area contributed by atoms with Gasteiger partial charge in [0.2, 0.25) is 5.89 Å². The lowest BCUT2D eigenvalue weighted by Crippen LogP contribution is -2.04. The van der Waals surface area contributed by atoms with Crippen molar-refractivity contribution in [1.29, 1.82) is 0 Å². The maximum atomic E-state index is 5.46. The van der Waals surface area contributed by atoms with Crippen molar-refractivity contribution in [2.75, 3.05) is 7.05 Å². The molecule has 0 unspecified atom stereocenters. The maximum absolute atomic E-state index is 5.46. The molecule has 4 heteroatoms. The molecule has 14 heavy (non-hydrogen) atoms. The van der Waals surface area contributed by atoms with Gasteiger partial charge in [-0.25, -0.2) is 4.98 Å². The van der Waals surface area contributed by atoms with E-state index in [4.69, 9.17) is 8.83 Å². The average molecular weight is 192 g/mol. The van der Waals surface area contributed by atoms with Crippen molar-refractivity contribution in [2.45, 2.75) is 13.5 Å². The monoisotopic (exact) mass is 192 g/mol. The highest BCUT2D eigenvalue weighted by Gasteiger charge is 2.08. The molecule has 0 aliphatic carbocycles. The molecule has 0 amide bonds. The first-order chi connectivity index (χ1) is 6.79. The van der Waals surface area contributed by atoms with Crippen molar-refractivity contribution in [1.82, 2.24) is 10.3 Å². The fraction of sp³-hybridized carbons (Fsp3) is 0.300. The van der Waals surface area contributed by atoms with Gasteiger partial charge in [0.15, 0.2) is 11.5 Å². The van der Waals surface area contributed by atoms with Gasteiger partial charge in [0, 0.05) is 0 Å². The summed E-state index contributed by atoms with van der Waals surface area (Å²) in [5.41, 5.74) is 0. The first-order valence-corrected chi connectivity index (χ1v) is 4.45. The van der Waals surface area contributed by atoms with Crippen LogP contribution in [0, 0.1) is 6.92 Å². The van der Waals surface area contributed by atoms with Crippen molar-refractivity contribution in [3.8, 4) is 11.5 Å². The Hall–Kier alpha value is -1.55. The molecular weight excluding hydrogens is 180 g/mol. The number of oxazole rings is 1. The van der Waals surface area contributed by atoms with Crippen LogP contribution in [0.25, 0.3) is 11.5 Å². The Bertz CT molecular complexity index is 417. The second-order valence-electron chi connectivity index (χ2n) is 3.06. The summed E-state index contributed by atoms with van der Waals surface area (Å²) < 4.78 is 10.9. The summed E-state index contributed by atoms with van der Waals surface area (Å²) in [5, 5.41) is 2.97. The van der Waals surface area contributed by atoms with Gasteiger partial charge in [0.25, 0.3) is 0 Å². The van der Waals surface area contributed by atoms with Gasteiger partial charge in [-0.3, -0.25) is 0 Å². The van der Waals surface area contributed by atoms with Crippen LogP contribution in [-0.2, 0) is 6.54 Å². The first-order valence-electron chi connectivity index (χ1n) is 4.45. The second kappa shape index (κ2) is 3.67. The standard InChI is InChI=1S/C10H12N2O2/c1-7-3-4-8(13-7)9-5-12-10(14-9)6-11-2/h3-5,11H,6H2,1-2H3. The van der Waals surface area contributed by atoms with Crippen LogP contribution in [0.5, 0.6) is 0 Å². The van der Waals surface area contributed by atoms with Gasteiger partial charge in [0.05, 0.1) is 12.7 Å². The molecule has 74 valence electrons. The van der Waals surface area contributed by atoms with Crippen molar-refractivity contribution in [2.24, 2.45) is 0 Å². The fourth-order valence-corrected chi connectivity index (χ4v) is 1.22. The highest BCUT2D eigenvalue weighted by atomic mass is 16.4. The molecule has 2 aromatic rings. The average Bonchev–Trinajstić information content (AvgIpc) is 2.74. The van der Waals surface area contributed by atoms with Crippen LogP contribution < -0.4 is 5.32 Å². The van der Waals surface area contributed by atoms with E-state index in [1.807, 2.05) is 26.1 Å². The molecular formula is C10H12N2O2. The first kappa shape index (κ1) is 9.02. The lowest BCUT2D eigenvalue weighted by Gasteiger charge is -1.91. The fourth-order valence-electron chi connectivity index (χ4n) is 1.22.